The highest BCUT2D eigenvalue weighted by Gasteiger charge is 2.20. The fraction of sp³-hybridized carbons (Fsp3) is 0. The topological polar surface area (TPSA) is 43.4 Å². The van der Waals surface area contributed by atoms with E-state index in [2.05, 4.69) is 0 Å². The molecule has 0 radical (unpaired) electrons. The number of carbonyl (C=O) groups is 1. The molecule has 4 aromatic rings. The minimum atomic E-state index is -0.483. The predicted octanol–water partition coefficient (Wildman–Crippen LogP) is 4.55. The number of rotatable bonds is 2. The van der Waals surface area contributed by atoms with E-state index in [1.54, 1.807) is 30.3 Å². The minimum absolute atomic E-state index is 0.0913. The molecule has 4 rings (SSSR count). The lowest BCUT2D eigenvalue weighted by Gasteiger charge is -1.94. The van der Waals surface area contributed by atoms with Gasteiger partial charge >= 0.3 is 0 Å². The average molecular weight is 280 g/mol. The van der Waals surface area contributed by atoms with Crippen LogP contribution in [0.5, 0.6) is 0 Å². The maximum absolute atomic E-state index is 13.6. The second-order valence-corrected chi connectivity index (χ2v) is 4.74. The normalized spacial score (nSPS) is 11.3. The van der Waals surface area contributed by atoms with Gasteiger partial charge in [0.15, 0.2) is 17.2 Å². The highest BCUT2D eigenvalue weighted by atomic mass is 19.1. The van der Waals surface area contributed by atoms with E-state index in [0.29, 0.717) is 21.9 Å². The third-order valence-electron chi connectivity index (χ3n) is 3.45. The van der Waals surface area contributed by atoms with E-state index in [1.165, 1.54) is 12.3 Å². The molecule has 102 valence electrons. The summed E-state index contributed by atoms with van der Waals surface area (Å²) < 4.78 is 24.4. The zero-order valence-corrected chi connectivity index (χ0v) is 10.8. The van der Waals surface area contributed by atoms with Crippen molar-refractivity contribution in [3.63, 3.8) is 0 Å². The van der Waals surface area contributed by atoms with E-state index in [0.717, 1.165) is 0 Å². The molecule has 21 heavy (non-hydrogen) atoms. The summed E-state index contributed by atoms with van der Waals surface area (Å²) >= 11 is 0. The van der Waals surface area contributed by atoms with Crippen LogP contribution in [0.15, 0.2) is 63.6 Å². The monoisotopic (exact) mass is 280 g/mol. The Morgan fingerprint density at radius 1 is 1.05 bits per heavy atom. The Labute approximate surface area is 118 Å². The highest BCUT2D eigenvalue weighted by Crippen LogP contribution is 2.27. The maximum atomic E-state index is 13.6. The molecule has 0 atom stereocenters. The van der Waals surface area contributed by atoms with Gasteiger partial charge in [-0.2, -0.15) is 0 Å². The van der Waals surface area contributed by atoms with Crippen molar-refractivity contribution < 1.29 is 18.0 Å². The number of halogens is 1. The lowest BCUT2D eigenvalue weighted by Crippen LogP contribution is -1.97. The van der Waals surface area contributed by atoms with Crippen LogP contribution in [0.25, 0.3) is 21.9 Å². The Morgan fingerprint density at radius 2 is 1.90 bits per heavy atom. The quantitative estimate of drug-likeness (QED) is 0.506. The summed E-state index contributed by atoms with van der Waals surface area (Å²) in [6.45, 7) is 0. The first-order valence-electron chi connectivity index (χ1n) is 6.43. The number of benzene rings is 2. The number of furan rings is 2. The zero-order valence-electron chi connectivity index (χ0n) is 10.8. The van der Waals surface area contributed by atoms with Crippen LogP contribution in [0.3, 0.4) is 0 Å². The predicted molar refractivity (Wildman–Crippen MR) is 75.8 cm³/mol. The number of para-hydroxylation sites is 2. The number of ketones is 1. The van der Waals surface area contributed by atoms with E-state index in [-0.39, 0.29) is 17.1 Å². The van der Waals surface area contributed by atoms with Gasteiger partial charge in [-0.15, -0.1) is 0 Å². The number of carbonyl (C=O) groups excluding carboxylic acids is 1. The fourth-order valence-corrected chi connectivity index (χ4v) is 2.43. The van der Waals surface area contributed by atoms with Gasteiger partial charge in [-0.1, -0.05) is 30.3 Å². The Bertz CT molecular complexity index is 978. The van der Waals surface area contributed by atoms with Crippen LogP contribution in [0, 0.1) is 5.82 Å². The van der Waals surface area contributed by atoms with Crippen molar-refractivity contribution in [1.82, 2.24) is 0 Å². The SMILES string of the molecule is O=C(c1cc2cccc(F)c2o1)c1coc2ccccc12. The van der Waals surface area contributed by atoms with Gasteiger partial charge in [0.1, 0.15) is 11.8 Å². The van der Waals surface area contributed by atoms with Crippen LogP contribution in [-0.2, 0) is 0 Å². The first-order chi connectivity index (χ1) is 10.2. The van der Waals surface area contributed by atoms with Crippen LogP contribution in [0.4, 0.5) is 4.39 Å². The lowest BCUT2D eigenvalue weighted by atomic mass is 10.1. The largest absolute Gasteiger partial charge is 0.464 e. The first-order valence-corrected chi connectivity index (χ1v) is 6.43. The lowest BCUT2D eigenvalue weighted by molar-refractivity contribution is 0.101. The molecule has 2 aromatic carbocycles. The summed E-state index contributed by atoms with van der Waals surface area (Å²) in [5.74, 6) is -0.708. The summed E-state index contributed by atoms with van der Waals surface area (Å²) in [5, 5.41) is 1.27. The molecule has 4 heteroatoms. The molecule has 0 aliphatic rings. The Hall–Kier alpha value is -2.88. The molecule has 0 bridgehead atoms. The van der Waals surface area contributed by atoms with Gasteiger partial charge < -0.3 is 8.83 Å². The zero-order chi connectivity index (χ0) is 14.4. The van der Waals surface area contributed by atoms with E-state index in [4.69, 9.17) is 8.83 Å². The molecule has 2 heterocycles. The minimum Gasteiger partial charge on any atom is -0.464 e. The molecule has 3 nitrogen and oxygen atoms in total. The number of hydrogen-bond acceptors (Lipinski definition) is 3. The van der Waals surface area contributed by atoms with Crippen molar-refractivity contribution in [3.05, 3.63) is 71.9 Å². The molecule has 0 amide bonds. The maximum Gasteiger partial charge on any atom is 0.232 e. The number of fused-ring (bicyclic) bond motifs is 2. The van der Waals surface area contributed by atoms with Gasteiger partial charge in [-0.05, 0) is 18.2 Å². The van der Waals surface area contributed by atoms with Gasteiger partial charge in [0, 0.05) is 10.8 Å². The third-order valence-corrected chi connectivity index (χ3v) is 3.45. The molecule has 0 fully saturated rings. The Morgan fingerprint density at radius 3 is 2.76 bits per heavy atom. The van der Waals surface area contributed by atoms with Crippen LogP contribution in [0.2, 0.25) is 0 Å². The second kappa shape index (κ2) is 4.31. The van der Waals surface area contributed by atoms with Gasteiger partial charge in [0.05, 0.1) is 5.56 Å². The Kier molecular flexibility index (Phi) is 2.44. The van der Waals surface area contributed by atoms with Gasteiger partial charge in [0.2, 0.25) is 5.78 Å². The molecule has 0 spiro atoms. The average Bonchev–Trinajstić information content (AvgIpc) is 3.11. The van der Waals surface area contributed by atoms with Gasteiger partial charge in [-0.3, -0.25) is 4.79 Å². The molecule has 0 N–H and O–H groups in total. The van der Waals surface area contributed by atoms with E-state index in [1.807, 2.05) is 12.1 Å². The van der Waals surface area contributed by atoms with Gasteiger partial charge in [0.25, 0.3) is 0 Å². The molecule has 0 saturated carbocycles. The van der Waals surface area contributed by atoms with Crippen LogP contribution in [0.1, 0.15) is 16.1 Å². The number of hydrogen-bond donors (Lipinski definition) is 0. The fourth-order valence-electron chi connectivity index (χ4n) is 2.43. The van der Waals surface area contributed by atoms with Crippen molar-refractivity contribution in [2.24, 2.45) is 0 Å². The van der Waals surface area contributed by atoms with Crippen molar-refractivity contribution in [3.8, 4) is 0 Å². The summed E-state index contributed by atoms with van der Waals surface area (Å²) in [5.41, 5.74) is 1.13. The van der Waals surface area contributed by atoms with E-state index in [9.17, 15) is 9.18 Å². The molecule has 0 aliphatic carbocycles. The van der Waals surface area contributed by atoms with E-state index < -0.39 is 5.82 Å². The van der Waals surface area contributed by atoms with Crippen LogP contribution in [-0.4, -0.2) is 5.78 Å². The van der Waals surface area contributed by atoms with Crippen molar-refractivity contribution in [2.45, 2.75) is 0 Å². The molecular weight excluding hydrogens is 271 g/mol. The van der Waals surface area contributed by atoms with Crippen LogP contribution >= 0.6 is 0 Å². The van der Waals surface area contributed by atoms with Crippen molar-refractivity contribution in [2.75, 3.05) is 0 Å². The molecule has 0 saturated heterocycles. The molecule has 0 aliphatic heterocycles. The Balaban J connectivity index is 1.88. The van der Waals surface area contributed by atoms with Crippen LogP contribution < -0.4 is 0 Å². The van der Waals surface area contributed by atoms with E-state index >= 15 is 0 Å². The highest BCUT2D eigenvalue weighted by molar-refractivity contribution is 6.15. The summed E-state index contributed by atoms with van der Waals surface area (Å²) in [6.07, 6.45) is 1.40. The first kappa shape index (κ1) is 11.9. The summed E-state index contributed by atoms with van der Waals surface area (Å²) in [7, 11) is 0. The van der Waals surface area contributed by atoms with Crippen molar-refractivity contribution in [1.29, 1.82) is 0 Å². The molecule has 0 unspecified atom stereocenters. The smallest absolute Gasteiger partial charge is 0.232 e. The molecular formula is C17H9FO3. The summed E-state index contributed by atoms with van der Waals surface area (Å²) in [6, 6.07) is 13.4. The molecule has 2 aromatic heterocycles. The third kappa shape index (κ3) is 1.76. The summed E-state index contributed by atoms with van der Waals surface area (Å²) in [4.78, 5) is 12.5. The second-order valence-electron chi connectivity index (χ2n) is 4.74. The van der Waals surface area contributed by atoms with Gasteiger partial charge in [-0.25, -0.2) is 4.39 Å². The standard InChI is InChI=1S/C17H9FO3/c18-13-6-3-4-10-8-15(21-17(10)13)16(19)12-9-20-14-7-2-1-5-11(12)14/h1-9H. The van der Waals surface area contributed by atoms with Crippen molar-refractivity contribution >= 4 is 27.7 Å².